The van der Waals surface area contributed by atoms with Gasteiger partial charge in [-0.1, -0.05) is 0 Å². The number of aryl methyl sites for hydroxylation is 1. The molecule has 5 rings (SSSR count). The summed E-state index contributed by atoms with van der Waals surface area (Å²) in [7, 11) is 1.93. The van der Waals surface area contributed by atoms with E-state index in [1.165, 1.54) is 12.8 Å². The van der Waals surface area contributed by atoms with Gasteiger partial charge < -0.3 is 14.6 Å². The third-order valence-corrected chi connectivity index (χ3v) is 5.10. The van der Waals surface area contributed by atoms with E-state index in [9.17, 15) is 0 Å². The van der Waals surface area contributed by atoms with Crippen molar-refractivity contribution in [1.29, 1.82) is 0 Å². The number of hydrogen-bond acceptors (Lipinski definition) is 6. The largest absolute Gasteiger partial charge is 0.373 e. The first kappa shape index (κ1) is 14.8. The maximum Gasteiger partial charge on any atom is 0.165 e. The highest BCUT2D eigenvalue weighted by atomic mass is 16.5. The van der Waals surface area contributed by atoms with Crippen molar-refractivity contribution in [2.75, 3.05) is 18.5 Å². The maximum atomic E-state index is 5.94. The molecule has 25 heavy (non-hydrogen) atoms. The molecule has 1 aliphatic carbocycles. The summed E-state index contributed by atoms with van der Waals surface area (Å²) >= 11 is 0. The van der Waals surface area contributed by atoms with Crippen LogP contribution in [0.3, 0.4) is 0 Å². The molecule has 2 fully saturated rings. The molecule has 2 aliphatic rings. The van der Waals surface area contributed by atoms with Crippen LogP contribution in [0.5, 0.6) is 0 Å². The summed E-state index contributed by atoms with van der Waals surface area (Å²) in [5.41, 5.74) is 2.91. The fraction of sp³-hybridized carbons (Fsp3) is 0.529. The number of rotatable bonds is 5. The molecule has 3 aromatic heterocycles. The number of anilines is 1. The molecule has 8 nitrogen and oxygen atoms in total. The normalized spacial score (nSPS) is 23.4. The maximum absolute atomic E-state index is 5.94. The molecule has 3 aromatic rings. The molecule has 8 heteroatoms. The van der Waals surface area contributed by atoms with E-state index >= 15 is 0 Å². The molecule has 0 spiro atoms. The predicted molar refractivity (Wildman–Crippen MR) is 92.1 cm³/mol. The summed E-state index contributed by atoms with van der Waals surface area (Å²) in [4.78, 5) is 13.4. The van der Waals surface area contributed by atoms with Gasteiger partial charge in [-0.25, -0.2) is 15.0 Å². The van der Waals surface area contributed by atoms with Gasteiger partial charge in [0, 0.05) is 43.9 Å². The van der Waals surface area contributed by atoms with Crippen molar-refractivity contribution in [3.05, 3.63) is 30.6 Å². The Morgan fingerprint density at radius 3 is 2.96 bits per heavy atom. The van der Waals surface area contributed by atoms with Gasteiger partial charge in [-0.2, -0.15) is 5.10 Å². The first-order valence-electron chi connectivity index (χ1n) is 8.81. The molecule has 2 atom stereocenters. The Hall–Kier alpha value is -2.48. The zero-order valence-corrected chi connectivity index (χ0v) is 14.2. The quantitative estimate of drug-likeness (QED) is 0.766. The van der Waals surface area contributed by atoms with E-state index in [0.717, 1.165) is 42.1 Å². The number of aromatic nitrogens is 6. The zero-order chi connectivity index (χ0) is 16.8. The van der Waals surface area contributed by atoms with Crippen molar-refractivity contribution in [3.63, 3.8) is 0 Å². The van der Waals surface area contributed by atoms with Gasteiger partial charge >= 0.3 is 0 Å². The number of fused-ring (bicyclic) bond motifs is 1. The average Bonchev–Trinajstić information content (AvgIpc) is 3.03. The Bertz CT molecular complexity index is 897. The summed E-state index contributed by atoms with van der Waals surface area (Å²) in [6, 6.07) is 0.561. The van der Waals surface area contributed by atoms with Gasteiger partial charge in [0.25, 0.3) is 0 Å². The van der Waals surface area contributed by atoms with Gasteiger partial charge in [-0.3, -0.25) is 4.68 Å². The molecule has 130 valence electrons. The van der Waals surface area contributed by atoms with Gasteiger partial charge in [0.05, 0.1) is 18.6 Å². The monoisotopic (exact) mass is 339 g/mol. The highest BCUT2D eigenvalue weighted by molar-refractivity contribution is 5.82. The van der Waals surface area contributed by atoms with Gasteiger partial charge in [-0.05, 0) is 19.3 Å². The Morgan fingerprint density at radius 2 is 2.16 bits per heavy atom. The zero-order valence-electron chi connectivity index (χ0n) is 14.2. The third-order valence-electron chi connectivity index (χ3n) is 5.10. The Labute approximate surface area is 145 Å². The lowest BCUT2D eigenvalue weighted by molar-refractivity contribution is 0.0932. The average molecular weight is 339 g/mol. The summed E-state index contributed by atoms with van der Waals surface area (Å²) in [5, 5.41) is 7.74. The molecular formula is C17H21N7O. The van der Waals surface area contributed by atoms with E-state index in [-0.39, 0.29) is 6.10 Å². The SMILES string of the molecule is Cn1cc([C@H]2OCC[C@@H]2CNc2ncnc3c2ncn3C2CC2)cn1. The third kappa shape index (κ3) is 2.66. The lowest BCUT2D eigenvalue weighted by atomic mass is 9.97. The minimum absolute atomic E-state index is 0.0857. The highest BCUT2D eigenvalue weighted by Gasteiger charge is 2.31. The molecule has 1 aliphatic heterocycles. The van der Waals surface area contributed by atoms with Crippen molar-refractivity contribution in [3.8, 4) is 0 Å². The van der Waals surface area contributed by atoms with Crippen LogP contribution < -0.4 is 5.32 Å². The van der Waals surface area contributed by atoms with Crippen LogP contribution in [-0.4, -0.2) is 42.5 Å². The molecule has 0 amide bonds. The smallest absolute Gasteiger partial charge is 0.165 e. The van der Waals surface area contributed by atoms with Crippen LogP contribution in [0.2, 0.25) is 0 Å². The molecule has 4 heterocycles. The van der Waals surface area contributed by atoms with Gasteiger partial charge in [0.1, 0.15) is 11.8 Å². The van der Waals surface area contributed by atoms with Crippen LogP contribution in [0.1, 0.15) is 37.0 Å². The van der Waals surface area contributed by atoms with Crippen LogP contribution >= 0.6 is 0 Å². The van der Waals surface area contributed by atoms with Crippen molar-refractivity contribution in [2.45, 2.75) is 31.4 Å². The highest BCUT2D eigenvalue weighted by Crippen LogP contribution is 2.37. The molecule has 0 radical (unpaired) electrons. The topological polar surface area (TPSA) is 82.7 Å². The first-order valence-corrected chi connectivity index (χ1v) is 8.81. The molecule has 1 N–H and O–H groups in total. The van der Waals surface area contributed by atoms with Crippen LogP contribution in [-0.2, 0) is 11.8 Å². The van der Waals surface area contributed by atoms with Gasteiger partial charge in [0.2, 0.25) is 0 Å². The van der Waals surface area contributed by atoms with E-state index in [4.69, 9.17) is 4.74 Å². The minimum Gasteiger partial charge on any atom is -0.373 e. The van der Waals surface area contributed by atoms with Crippen molar-refractivity contribution in [1.82, 2.24) is 29.3 Å². The minimum atomic E-state index is 0.0857. The molecule has 0 bridgehead atoms. The van der Waals surface area contributed by atoms with Crippen LogP contribution in [0.15, 0.2) is 25.0 Å². The van der Waals surface area contributed by atoms with Gasteiger partial charge in [0.15, 0.2) is 11.5 Å². The number of imidazole rings is 1. The molecule has 0 unspecified atom stereocenters. The van der Waals surface area contributed by atoms with E-state index in [1.54, 1.807) is 6.33 Å². The second-order valence-electron chi connectivity index (χ2n) is 6.95. The number of nitrogens with zero attached hydrogens (tertiary/aromatic N) is 6. The second kappa shape index (κ2) is 5.80. The molecule has 1 saturated heterocycles. The molecule has 0 aromatic carbocycles. The summed E-state index contributed by atoms with van der Waals surface area (Å²) in [6.07, 6.45) is 11.0. The number of ether oxygens (including phenoxy) is 1. The summed E-state index contributed by atoms with van der Waals surface area (Å²) in [6.45, 7) is 1.57. The Balaban J connectivity index is 1.35. The lowest BCUT2D eigenvalue weighted by Gasteiger charge is -2.18. The summed E-state index contributed by atoms with van der Waals surface area (Å²) < 4.78 is 9.92. The van der Waals surface area contributed by atoms with Gasteiger partial charge in [-0.15, -0.1) is 0 Å². The van der Waals surface area contributed by atoms with Crippen LogP contribution in [0, 0.1) is 5.92 Å². The first-order chi connectivity index (χ1) is 12.3. The fourth-order valence-corrected chi connectivity index (χ4v) is 3.63. The predicted octanol–water partition coefficient (Wildman–Crippen LogP) is 2.08. The standard InChI is InChI=1S/C17H21N7O/c1-23-8-12(7-22-23)15-11(4-5-25-15)6-18-16-14-17(20-9-19-16)24(10-21-14)13-2-3-13/h7-11,13,15H,2-6H2,1H3,(H,18,19,20)/t11-,15+/m1/s1. The van der Waals surface area contributed by atoms with Crippen LogP contribution in [0.4, 0.5) is 5.82 Å². The van der Waals surface area contributed by atoms with Crippen molar-refractivity contribution < 1.29 is 4.74 Å². The fourth-order valence-electron chi connectivity index (χ4n) is 3.63. The molecule has 1 saturated carbocycles. The Kier molecular flexibility index (Phi) is 3.44. The van der Waals surface area contributed by atoms with Crippen molar-refractivity contribution in [2.24, 2.45) is 13.0 Å². The second-order valence-corrected chi connectivity index (χ2v) is 6.95. The van der Waals surface area contributed by atoms with E-state index in [1.807, 2.05) is 30.5 Å². The number of nitrogens with one attached hydrogen (secondary N) is 1. The molecular weight excluding hydrogens is 318 g/mol. The Morgan fingerprint density at radius 1 is 1.24 bits per heavy atom. The van der Waals surface area contributed by atoms with Crippen molar-refractivity contribution >= 4 is 17.0 Å². The van der Waals surface area contributed by atoms with E-state index in [2.05, 4.69) is 29.9 Å². The van der Waals surface area contributed by atoms with E-state index in [0.29, 0.717) is 12.0 Å². The van der Waals surface area contributed by atoms with Crippen LogP contribution in [0.25, 0.3) is 11.2 Å². The van der Waals surface area contributed by atoms with E-state index < -0.39 is 0 Å². The summed E-state index contributed by atoms with van der Waals surface area (Å²) in [5.74, 6) is 1.20. The number of hydrogen-bond donors (Lipinski definition) is 1. The lowest BCUT2D eigenvalue weighted by Crippen LogP contribution is -2.18.